The Morgan fingerprint density at radius 1 is 1.11 bits per heavy atom. The average molecular weight is 380 g/mol. The summed E-state index contributed by atoms with van der Waals surface area (Å²) in [6.07, 6.45) is 1.58. The normalized spacial score (nSPS) is 11.2. The lowest BCUT2D eigenvalue weighted by Gasteiger charge is -2.22. The third-order valence-electron chi connectivity index (χ3n) is 4.78. The molecule has 0 saturated heterocycles. The average Bonchev–Trinajstić information content (AvgIpc) is 3.17. The maximum absolute atomic E-state index is 13.9. The summed E-state index contributed by atoms with van der Waals surface area (Å²) in [5.74, 6) is -0.678. The van der Waals surface area contributed by atoms with E-state index in [1.165, 1.54) is 16.3 Å². The van der Waals surface area contributed by atoms with Gasteiger partial charge in [0.1, 0.15) is 11.5 Å². The van der Waals surface area contributed by atoms with Crippen molar-refractivity contribution in [3.63, 3.8) is 0 Å². The third-order valence-corrected chi connectivity index (χ3v) is 4.78. The number of nitrogens with one attached hydrogen (secondary N) is 1. The van der Waals surface area contributed by atoms with E-state index in [0.29, 0.717) is 18.3 Å². The van der Waals surface area contributed by atoms with Crippen LogP contribution in [-0.2, 0) is 13.1 Å². The van der Waals surface area contributed by atoms with E-state index >= 15 is 0 Å². The Morgan fingerprint density at radius 3 is 2.50 bits per heavy atom. The van der Waals surface area contributed by atoms with Crippen molar-refractivity contribution in [2.24, 2.45) is 0 Å². The van der Waals surface area contributed by atoms with Gasteiger partial charge in [0.15, 0.2) is 5.69 Å². The molecule has 0 radical (unpaired) electrons. The molecule has 1 aromatic heterocycles. The lowest BCUT2D eigenvalue weighted by atomic mass is 10.1. The van der Waals surface area contributed by atoms with Gasteiger partial charge >= 0.3 is 0 Å². The number of carbonyl (C=O) groups is 1. The number of carbonyl (C=O) groups excluding carboxylic acids is 1. The second-order valence-corrected chi connectivity index (χ2v) is 7.06. The van der Waals surface area contributed by atoms with Crippen molar-refractivity contribution < 1.29 is 9.18 Å². The zero-order chi connectivity index (χ0) is 20.1. The van der Waals surface area contributed by atoms with E-state index < -0.39 is 0 Å². The highest BCUT2D eigenvalue weighted by Crippen LogP contribution is 2.14. The van der Waals surface area contributed by atoms with Crippen molar-refractivity contribution in [1.29, 1.82) is 0 Å². The summed E-state index contributed by atoms with van der Waals surface area (Å²) < 4.78 is 15.3. The van der Waals surface area contributed by atoms with Gasteiger partial charge in [-0.05, 0) is 50.2 Å². The summed E-state index contributed by atoms with van der Waals surface area (Å²) in [5, 5.41) is 7.11. The topological polar surface area (TPSA) is 50.2 Å². The Balaban J connectivity index is 1.68. The van der Waals surface area contributed by atoms with E-state index in [1.54, 1.807) is 30.5 Å². The minimum atomic E-state index is -0.388. The first-order valence-corrected chi connectivity index (χ1v) is 9.31. The van der Waals surface area contributed by atoms with Crippen molar-refractivity contribution in [3.05, 3.63) is 83.4 Å². The van der Waals surface area contributed by atoms with Gasteiger partial charge in [0.25, 0.3) is 5.91 Å². The molecule has 0 unspecified atom stereocenters. The quantitative estimate of drug-likeness (QED) is 0.679. The van der Waals surface area contributed by atoms with E-state index in [4.69, 9.17) is 0 Å². The molecule has 1 amide bonds. The van der Waals surface area contributed by atoms with Gasteiger partial charge in [-0.25, -0.2) is 9.07 Å². The summed E-state index contributed by atoms with van der Waals surface area (Å²) in [6.45, 7) is 5.52. The zero-order valence-electron chi connectivity index (χ0n) is 16.4. The van der Waals surface area contributed by atoms with Crippen LogP contribution in [0.4, 0.5) is 4.39 Å². The number of hydrogen-bond acceptors (Lipinski definition) is 3. The van der Waals surface area contributed by atoms with E-state index in [9.17, 15) is 9.18 Å². The monoisotopic (exact) mass is 380 g/mol. The summed E-state index contributed by atoms with van der Waals surface area (Å²) in [6, 6.07) is 16.4. The lowest BCUT2D eigenvalue weighted by Crippen LogP contribution is -2.28. The molecule has 0 saturated carbocycles. The Hall–Kier alpha value is -2.99. The van der Waals surface area contributed by atoms with Crippen LogP contribution in [-0.4, -0.2) is 33.7 Å². The first kappa shape index (κ1) is 19.8. The highest BCUT2D eigenvalue weighted by molar-refractivity contribution is 5.92. The second-order valence-electron chi connectivity index (χ2n) is 7.06. The molecule has 28 heavy (non-hydrogen) atoms. The number of aromatic nitrogens is 2. The molecule has 0 aliphatic heterocycles. The second kappa shape index (κ2) is 8.80. The fraction of sp³-hybridized carbons (Fsp3) is 0.273. The lowest BCUT2D eigenvalue weighted by molar-refractivity contribution is 0.0945. The van der Waals surface area contributed by atoms with Gasteiger partial charge in [0.2, 0.25) is 0 Å². The third kappa shape index (κ3) is 4.64. The SMILES string of the molecule is CC(C)N(C)Cc1ccccc1CNC(=O)c1ccn(-c2ccccc2F)n1. The molecule has 3 rings (SSSR count). The molecule has 0 atom stereocenters. The Morgan fingerprint density at radius 2 is 1.79 bits per heavy atom. The Labute approximate surface area is 164 Å². The summed E-state index contributed by atoms with van der Waals surface area (Å²) in [7, 11) is 2.08. The standard InChI is InChI=1S/C22H25FN4O/c1-16(2)26(3)15-18-9-5-4-8-17(18)14-24-22(28)20-12-13-27(25-20)21-11-7-6-10-19(21)23/h4-13,16H,14-15H2,1-3H3,(H,24,28). The molecule has 0 aliphatic carbocycles. The maximum Gasteiger partial charge on any atom is 0.272 e. The first-order valence-electron chi connectivity index (χ1n) is 9.31. The van der Waals surface area contributed by atoms with Crippen molar-refractivity contribution in [2.75, 3.05) is 7.05 Å². The van der Waals surface area contributed by atoms with Crippen LogP contribution in [0.25, 0.3) is 5.69 Å². The minimum Gasteiger partial charge on any atom is -0.347 e. The van der Waals surface area contributed by atoms with Crippen molar-refractivity contribution in [1.82, 2.24) is 20.0 Å². The van der Waals surface area contributed by atoms with Crippen LogP contribution in [0.2, 0.25) is 0 Å². The molecular formula is C22H25FN4O. The Kier molecular flexibility index (Phi) is 6.21. The van der Waals surface area contributed by atoms with E-state index in [2.05, 4.69) is 42.3 Å². The van der Waals surface area contributed by atoms with Crippen molar-refractivity contribution >= 4 is 5.91 Å². The molecule has 5 nitrogen and oxygen atoms in total. The number of benzene rings is 2. The fourth-order valence-corrected chi connectivity index (χ4v) is 2.82. The molecule has 0 bridgehead atoms. The predicted octanol–water partition coefficient (Wildman–Crippen LogP) is 3.78. The molecule has 0 spiro atoms. The smallest absolute Gasteiger partial charge is 0.272 e. The molecule has 1 heterocycles. The van der Waals surface area contributed by atoms with Crippen molar-refractivity contribution in [2.45, 2.75) is 33.0 Å². The molecular weight excluding hydrogens is 355 g/mol. The van der Waals surface area contributed by atoms with Gasteiger partial charge in [-0.1, -0.05) is 36.4 Å². The molecule has 0 fully saturated rings. The van der Waals surface area contributed by atoms with Gasteiger partial charge in [-0.3, -0.25) is 9.69 Å². The highest BCUT2D eigenvalue weighted by Gasteiger charge is 2.13. The summed E-state index contributed by atoms with van der Waals surface area (Å²) >= 11 is 0. The van der Waals surface area contributed by atoms with E-state index in [1.807, 2.05) is 18.2 Å². The van der Waals surface area contributed by atoms with Crippen LogP contribution < -0.4 is 5.32 Å². The number of halogens is 1. The molecule has 6 heteroatoms. The number of amides is 1. The predicted molar refractivity (Wildman–Crippen MR) is 108 cm³/mol. The fourth-order valence-electron chi connectivity index (χ4n) is 2.82. The van der Waals surface area contributed by atoms with E-state index in [-0.39, 0.29) is 17.4 Å². The van der Waals surface area contributed by atoms with Crippen LogP contribution in [0.1, 0.15) is 35.5 Å². The summed E-state index contributed by atoms with van der Waals surface area (Å²) in [4.78, 5) is 14.7. The van der Waals surface area contributed by atoms with E-state index in [0.717, 1.165) is 12.1 Å². The van der Waals surface area contributed by atoms with Gasteiger partial charge < -0.3 is 5.32 Å². The van der Waals surface area contributed by atoms with Gasteiger partial charge in [0, 0.05) is 25.3 Å². The van der Waals surface area contributed by atoms with Crippen LogP contribution in [0.15, 0.2) is 60.8 Å². The van der Waals surface area contributed by atoms with Gasteiger partial charge in [-0.15, -0.1) is 0 Å². The van der Waals surface area contributed by atoms with Crippen LogP contribution in [0, 0.1) is 5.82 Å². The minimum absolute atomic E-state index is 0.250. The molecule has 1 N–H and O–H groups in total. The summed E-state index contributed by atoms with van der Waals surface area (Å²) in [5.41, 5.74) is 2.80. The van der Waals surface area contributed by atoms with Crippen LogP contribution in [0.3, 0.4) is 0 Å². The molecule has 3 aromatic rings. The first-order chi connectivity index (χ1) is 13.5. The number of para-hydroxylation sites is 1. The maximum atomic E-state index is 13.9. The van der Waals surface area contributed by atoms with Crippen LogP contribution in [0.5, 0.6) is 0 Å². The van der Waals surface area contributed by atoms with Crippen LogP contribution >= 0.6 is 0 Å². The van der Waals surface area contributed by atoms with Crippen molar-refractivity contribution in [3.8, 4) is 5.69 Å². The molecule has 2 aromatic carbocycles. The van der Waals surface area contributed by atoms with Gasteiger partial charge in [-0.2, -0.15) is 5.10 Å². The molecule has 0 aliphatic rings. The number of hydrogen-bond donors (Lipinski definition) is 1. The zero-order valence-corrected chi connectivity index (χ0v) is 16.4. The largest absolute Gasteiger partial charge is 0.347 e. The number of rotatable bonds is 7. The Bertz CT molecular complexity index is 951. The number of nitrogens with zero attached hydrogens (tertiary/aromatic N) is 3. The molecule has 146 valence electrons. The van der Waals surface area contributed by atoms with Gasteiger partial charge in [0.05, 0.1) is 0 Å². The highest BCUT2D eigenvalue weighted by atomic mass is 19.1.